The second-order valence-electron chi connectivity index (χ2n) is 3.18. The van der Waals surface area contributed by atoms with Crippen LogP contribution in [0.4, 0.5) is 13.2 Å². The molecule has 0 N–H and O–H groups in total. The molecule has 0 saturated heterocycles. The van der Waals surface area contributed by atoms with E-state index in [1.165, 1.54) is 29.7 Å². The number of hydrogen-bond donors (Lipinski definition) is 0. The van der Waals surface area contributed by atoms with Gasteiger partial charge < -0.3 is 4.18 Å². The molecule has 10 heteroatoms. The number of nitrogens with zero attached hydrogens (tertiary/aromatic N) is 2. The Morgan fingerprint density at radius 2 is 2.00 bits per heavy atom. The highest BCUT2D eigenvalue weighted by atomic mass is 32.2. The molecule has 2 aromatic rings. The molecular weight excluding hydrogens is 305 g/mol. The lowest BCUT2D eigenvalue weighted by Gasteiger charge is -2.08. The lowest BCUT2D eigenvalue weighted by molar-refractivity contribution is -0.0501. The molecule has 5 nitrogen and oxygen atoms in total. The van der Waals surface area contributed by atoms with Crippen molar-refractivity contribution < 1.29 is 25.8 Å². The summed E-state index contributed by atoms with van der Waals surface area (Å²) >= 11 is 1.21. The molecule has 2 rings (SSSR count). The van der Waals surface area contributed by atoms with Gasteiger partial charge in [-0.2, -0.15) is 21.6 Å². The number of rotatable bonds is 3. The van der Waals surface area contributed by atoms with Gasteiger partial charge in [0.05, 0.1) is 0 Å². The Balaban J connectivity index is 2.31. The zero-order valence-electron chi connectivity index (χ0n) is 8.96. The third-order valence-electron chi connectivity index (χ3n) is 1.85. The van der Waals surface area contributed by atoms with Gasteiger partial charge in [0, 0.05) is 17.6 Å². The number of hydrogen-bond acceptors (Lipinski definition) is 6. The lowest BCUT2D eigenvalue weighted by atomic mass is 10.3. The molecule has 0 fully saturated rings. The normalized spacial score (nSPS) is 12.4. The van der Waals surface area contributed by atoms with Crippen LogP contribution in [0, 0.1) is 0 Å². The lowest BCUT2D eigenvalue weighted by Crippen LogP contribution is -2.28. The van der Waals surface area contributed by atoms with Crippen LogP contribution < -0.4 is 4.18 Å². The Morgan fingerprint density at radius 3 is 2.58 bits per heavy atom. The largest absolute Gasteiger partial charge is 0.534 e. The van der Waals surface area contributed by atoms with E-state index in [2.05, 4.69) is 14.2 Å². The van der Waals surface area contributed by atoms with Crippen molar-refractivity contribution in [2.75, 3.05) is 0 Å². The molecule has 2 heterocycles. The molecule has 0 amide bonds. The molecule has 0 unspecified atom stereocenters. The summed E-state index contributed by atoms with van der Waals surface area (Å²) in [6, 6.07) is 3.82. The first-order valence-corrected chi connectivity index (χ1v) is 6.96. The summed E-state index contributed by atoms with van der Waals surface area (Å²) in [4.78, 5) is 7.56. The van der Waals surface area contributed by atoms with Gasteiger partial charge in [-0.15, -0.1) is 11.3 Å². The Bertz CT molecular complexity index is 668. The number of pyridine rings is 1. The fourth-order valence-electron chi connectivity index (χ4n) is 1.09. The predicted octanol–water partition coefficient (Wildman–Crippen LogP) is 2.43. The molecule has 0 aliphatic carbocycles. The highest BCUT2D eigenvalue weighted by molar-refractivity contribution is 7.87. The zero-order chi connectivity index (χ0) is 14.1. The van der Waals surface area contributed by atoms with E-state index in [-0.39, 0.29) is 5.69 Å². The molecule has 0 bridgehead atoms. The van der Waals surface area contributed by atoms with Crippen molar-refractivity contribution in [3.63, 3.8) is 0 Å². The summed E-state index contributed by atoms with van der Waals surface area (Å²) in [5.41, 5.74) is -5.27. The summed E-state index contributed by atoms with van der Waals surface area (Å²) in [5.74, 6) is -0.662. The maximum Gasteiger partial charge on any atom is 0.534 e. The molecule has 0 radical (unpaired) electrons. The van der Waals surface area contributed by atoms with Crippen molar-refractivity contribution in [1.82, 2.24) is 9.97 Å². The van der Waals surface area contributed by atoms with Crippen molar-refractivity contribution in [1.29, 1.82) is 0 Å². The molecule has 0 spiro atoms. The summed E-state index contributed by atoms with van der Waals surface area (Å²) in [6.07, 6.45) is 1.49. The van der Waals surface area contributed by atoms with E-state index in [9.17, 15) is 21.6 Å². The van der Waals surface area contributed by atoms with Gasteiger partial charge in [0.15, 0.2) is 0 Å². The number of halogens is 3. The Labute approximate surface area is 109 Å². The fraction of sp³-hybridized carbons (Fsp3) is 0.111. The van der Waals surface area contributed by atoms with E-state index in [1.807, 2.05) is 0 Å². The molecule has 19 heavy (non-hydrogen) atoms. The number of alkyl halides is 3. The van der Waals surface area contributed by atoms with Crippen LogP contribution in [-0.4, -0.2) is 23.9 Å². The van der Waals surface area contributed by atoms with Crippen LogP contribution in [0.3, 0.4) is 0 Å². The Kier molecular flexibility index (Phi) is 3.45. The zero-order valence-corrected chi connectivity index (χ0v) is 10.6. The molecule has 2 aromatic heterocycles. The standard InChI is InChI=1S/C9H5F3N2O3S2/c10-9(11,12)19(15,16)17-7-3-1-2-6(14-7)8-13-4-5-18-8/h1-5H. The highest BCUT2D eigenvalue weighted by Crippen LogP contribution is 2.27. The van der Waals surface area contributed by atoms with Crippen molar-refractivity contribution in [3.8, 4) is 16.6 Å². The van der Waals surface area contributed by atoms with Crippen LogP contribution in [0.5, 0.6) is 5.88 Å². The van der Waals surface area contributed by atoms with Crippen LogP contribution >= 0.6 is 11.3 Å². The summed E-state index contributed by atoms with van der Waals surface area (Å²) in [6.45, 7) is 0. The highest BCUT2D eigenvalue weighted by Gasteiger charge is 2.48. The van der Waals surface area contributed by atoms with E-state index in [0.29, 0.717) is 5.01 Å². The number of thiazole rings is 1. The third-order valence-corrected chi connectivity index (χ3v) is 3.61. The topological polar surface area (TPSA) is 69.2 Å². The van der Waals surface area contributed by atoms with Gasteiger partial charge in [-0.05, 0) is 6.07 Å². The quantitative estimate of drug-likeness (QED) is 0.643. The monoisotopic (exact) mass is 310 g/mol. The van der Waals surface area contributed by atoms with Gasteiger partial charge in [-0.25, -0.2) is 9.97 Å². The first kappa shape index (κ1) is 13.7. The van der Waals surface area contributed by atoms with Gasteiger partial charge in [0.25, 0.3) is 0 Å². The minimum Gasteiger partial charge on any atom is -0.355 e. The molecule has 0 aromatic carbocycles. The maximum atomic E-state index is 12.1. The third kappa shape index (κ3) is 3.01. The van der Waals surface area contributed by atoms with Crippen LogP contribution in [0.25, 0.3) is 10.7 Å². The smallest absolute Gasteiger partial charge is 0.355 e. The van der Waals surface area contributed by atoms with Gasteiger partial charge in [-0.3, -0.25) is 0 Å². The SMILES string of the molecule is O=S(=O)(Oc1cccc(-c2nccs2)n1)C(F)(F)F. The average Bonchev–Trinajstić information content (AvgIpc) is 2.80. The van der Waals surface area contributed by atoms with E-state index < -0.39 is 21.5 Å². The van der Waals surface area contributed by atoms with Gasteiger partial charge >= 0.3 is 15.6 Å². The first-order chi connectivity index (χ1) is 8.79. The summed E-state index contributed by atoms with van der Waals surface area (Å²) in [7, 11) is -5.72. The van der Waals surface area contributed by atoms with E-state index in [4.69, 9.17) is 0 Å². The fourth-order valence-corrected chi connectivity index (χ4v) is 2.11. The minimum absolute atomic E-state index is 0.227. The van der Waals surface area contributed by atoms with Crippen molar-refractivity contribution in [2.45, 2.75) is 5.51 Å². The molecule has 0 aliphatic heterocycles. The molecule has 0 saturated carbocycles. The summed E-state index contributed by atoms with van der Waals surface area (Å²) in [5, 5.41) is 2.09. The summed E-state index contributed by atoms with van der Waals surface area (Å²) < 4.78 is 62.0. The van der Waals surface area contributed by atoms with Crippen molar-refractivity contribution in [3.05, 3.63) is 29.8 Å². The van der Waals surface area contributed by atoms with Gasteiger partial charge in [0.2, 0.25) is 5.88 Å². The van der Waals surface area contributed by atoms with E-state index >= 15 is 0 Å². The van der Waals surface area contributed by atoms with Crippen LogP contribution in [0.1, 0.15) is 0 Å². The number of aromatic nitrogens is 2. The van der Waals surface area contributed by atoms with Crippen LogP contribution in [0.15, 0.2) is 29.8 Å². The Morgan fingerprint density at radius 1 is 1.26 bits per heavy atom. The molecule has 102 valence electrons. The second kappa shape index (κ2) is 4.78. The van der Waals surface area contributed by atoms with Gasteiger partial charge in [0.1, 0.15) is 10.7 Å². The average molecular weight is 310 g/mol. The van der Waals surface area contributed by atoms with E-state index in [1.54, 1.807) is 5.38 Å². The van der Waals surface area contributed by atoms with Gasteiger partial charge in [-0.1, -0.05) is 6.07 Å². The Hall–Kier alpha value is -1.68. The molecule has 0 aliphatic rings. The van der Waals surface area contributed by atoms with Crippen LogP contribution in [0.2, 0.25) is 0 Å². The van der Waals surface area contributed by atoms with Crippen molar-refractivity contribution >= 4 is 21.5 Å². The second-order valence-corrected chi connectivity index (χ2v) is 5.61. The van der Waals surface area contributed by atoms with Crippen molar-refractivity contribution in [2.24, 2.45) is 0 Å². The molecular formula is C9H5F3N2O3S2. The van der Waals surface area contributed by atoms with E-state index in [0.717, 1.165) is 6.07 Å². The first-order valence-electron chi connectivity index (χ1n) is 4.67. The minimum atomic E-state index is -5.72. The molecule has 0 atom stereocenters. The van der Waals surface area contributed by atoms with Crippen LogP contribution in [-0.2, 0) is 10.1 Å². The maximum absolute atomic E-state index is 12.1. The predicted molar refractivity (Wildman–Crippen MR) is 60.9 cm³/mol.